The standard InChI is InChI=1S/C14H13N5O/c1-10(20)16-14(12-7-4-5-9-15-12)19-13-8-3-2-6-11(13)17-18-19/h2-9,14H,1H3,(H,16,20). The van der Waals surface area contributed by atoms with E-state index in [1.807, 2.05) is 42.5 Å². The van der Waals surface area contributed by atoms with Crippen LogP contribution in [0.2, 0.25) is 0 Å². The third kappa shape index (κ3) is 2.23. The van der Waals surface area contributed by atoms with E-state index in [9.17, 15) is 4.79 Å². The molecule has 3 rings (SSSR count). The van der Waals surface area contributed by atoms with Crippen molar-refractivity contribution >= 4 is 16.9 Å². The molecule has 0 fully saturated rings. The first-order chi connectivity index (χ1) is 9.75. The number of nitrogens with zero attached hydrogens (tertiary/aromatic N) is 4. The van der Waals surface area contributed by atoms with Crippen molar-refractivity contribution in [3.63, 3.8) is 0 Å². The van der Waals surface area contributed by atoms with Crippen LogP contribution in [0.1, 0.15) is 18.8 Å². The van der Waals surface area contributed by atoms with Crippen LogP contribution in [0.3, 0.4) is 0 Å². The van der Waals surface area contributed by atoms with Gasteiger partial charge < -0.3 is 5.32 Å². The van der Waals surface area contributed by atoms with Crippen LogP contribution in [0.25, 0.3) is 11.0 Å². The molecule has 0 spiro atoms. The Labute approximate surface area is 115 Å². The molecule has 0 aliphatic rings. The summed E-state index contributed by atoms with van der Waals surface area (Å²) >= 11 is 0. The zero-order valence-corrected chi connectivity index (χ0v) is 10.9. The van der Waals surface area contributed by atoms with Gasteiger partial charge >= 0.3 is 0 Å². The minimum Gasteiger partial charge on any atom is -0.329 e. The van der Waals surface area contributed by atoms with Crippen molar-refractivity contribution in [1.29, 1.82) is 0 Å². The second kappa shape index (κ2) is 5.08. The highest BCUT2D eigenvalue weighted by atomic mass is 16.1. The Bertz CT molecular complexity index is 737. The van der Waals surface area contributed by atoms with Gasteiger partial charge in [0.15, 0.2) is 6.17 Å². The predicted octanol–water partition coefficient (Wildman–Crippen LogP) is 1.51. The number of fused-ring (bicyclic) bond motifs is 1. The molecule has 1 N–H and O–H groups in total. The number of pyridine rings is 1. The summed E-state index contributed by atoms with van der Waals surface area (Å²) < 4.78 is 1.67. The number of nitrogens with one attached hydrogen (secondary N) is 1. The molecule has 2 aromatic heterocycles. The maximum absolute atomic E-state index is 11.5. The highest BCUT2D eigenvalue weighted by molar-refractivity contribution is 5.76. The Hall–Kier alpha value is -2.76. The summed E-state index contributed by atoms with van der Waals surface area (Å²) in [4.78, 5) is 15.7. The summed E-state index contributed by atoms with van der Waals surface area (Å²) in [5.41, 5.74) is 2.33. The summed E-state index contributed by atoms with van der Waals surface area (Å²) in [5.74, 6) is -0.153. The van der Waals surface area contributed by atoms with Crippen molar-refractivity contribution in [1.82, 2.24) is 25.3 Å². The molecule has 6 nitrogen and oxygen atoms in total. The van der Waals surface area contributed by atoms with Gasteiger partial charge in [-0.2, -0.15) is 0 Å². The van der Waals surface area contributed by atoms with Crippen LogP contribution in [-0.2, 0) is 4.79 Å². The van der Waals surface area contributed by atoms with Crippen LogP contribution in [-0.4, -0.2) is 25.9 Å². The fourth-order valence-electron chi connectivity index (χ4n) is 2.07. The minimum absolute atomic E-state index is 0.153. The van der Waals surface area contributed by atoms with Gasteiger partial charge in [-0.05, 0) is 24.3 Å². The number of hydrogen-bond acceptors (Lipinski definition) is 4. The quantitative estimate of drug-likeness (QED) is 0.780. The molecule has 0 bridgehead atoms. The van der Waals surface area contributed by atoms with Crippen molar-refractivity contribution in [3.8, 4) is 0 Å². The Morgan fingerprint density at radius 2 is 2.00 bits per heavy atom. The Morgan fingerprint density at radius 3 is 2.75 bits per heavy atom. The molecule has 1 atom stereocenters. The lowest BCUT2D eigenvalue weighted by Gasteiger charge is -2.17. The van der Waals surface area contributed by atoms with E-state index in [1.165, 1.54) is 6.92 Å². The van der Waals surface area contributed by atoms with Crippen LogP contribution in [0, 0.1) is 0 Å². The fourth-order valence-corrected chi connectivity index (χ4v) is 2.07. The van der Waals surface area contributed by atoms with Crippen LogP contribution in [0.15, 0.2) is 48.7 Å². The van der Waals surface area contributed by atoms with Gasteiger partial charge in [0, 0.05) is 13.1 Å². The van der Waals surface area contributed by atoms with E-state index in [-0.39, 0.29) is 5.91 Å². The monoisotopic (exact) mass is 267 g/mol. The number of para-hydroxylation sites is 1. The van der Waals surface area contributed by atoms with Gasteiger partial charge in [-0.25, -0.2) is 4.68 Å². The van der Waals surface area contributed by atoms with Crippen LogP contribution in [0.5, 0.6) is 0 Å². The summed E-state index contributed by atoms with van der Waals surface area (Å²) in [7, 11) is 0. The molecule has 20 heavy (non-hydrogen) atoms. The molecule has 1 amide bonds. The average Bonchev–Trinajstić information content (AvgIpc) is 2.89. The molecular weight excluding hydrogens is 254 g/mol. The van der Waals surface area contributed by atoms with E-state index in [0.717, 1.165) is 11.0 Å². The zero-order chi connectivity index (χ0) is 13.9. The number of hydrogen-bond donors (Lipinski definition) is 1. The number of carbonyl (C=O) groups excluding carboxylic acids is 1. The summed E-state index contributed by atoms with van der Waals surface area (Å²) in [6.45, 7) is 1.47. The van der Waals surface area contributed by atoms with Gasteiger partial charge in [0.25, 0.3) is 0 Å². The highest BCUT2D eigenvalue weighted by Crippen LogP contribution is 2.18. The van der Waals surface area contributed by atoms with E-state index in [0.29, 0.717) is 5.69 Å². The van der Waals surface area contributed by atoms with Gasteiger partial charge in [0.05, 0.1) is 11.2 Å². The average molecular weight is 267 g/mol. The lowest BCUT2D eigenvalue weighted by Crippen LogP contribution is -2.32. The van der Waals surface area contributed by atoms with E-state index < -0.39 is 6.17 Å². The molecule has 1 aromatic carbocycles. The van der Waals surface area contributed by atoms with E-state index in [1.54, 1.807) is 10.9 Å². The fraction of sp³-hybridized carbons (Fsp3) is 0.143. The van der Waals surface area contributed by atoms with E-state index in [2.05, 4.69) is 20.6 Å². The molecule has 2 heterocycles. The summed E-state index contributed by atoms with van der Waals surface area (Å²) in [6.07, 6.45) is 1.21. The Morgan fingerprint density at radius 1 is 1.20 bits per heavy atom. The van der Waals surface area contributed by atoms with Crippen molar-refractivity contribution in [2.75, 3.05) is 0 Å². The van der Waals surface area contributed by atoms with Crippen LogP contribution in [0.4, 0.5) is 0 Å². The Balaban J connectivity index is 2.12. The summed E-state index contributed by atoms with van der Waals surface area (Å²) in [5, 5.41) is 11.1. The third-order valence-electron chi connectivity index (χ3n) is 2.93. The number of aromatic nitrogens is 4. The number of amides is 1. The van der Waals surface area contributed by atoms with Gasteiger partial charge in [0.2, 0.25) is 5.91 Å². The maximum atomic E-state index is 11.5. The molecule has 0 aliphatic heterocycles. The van der Waals surface area contributed by atoms with Gasteiger partial charge in [0.1, 0.15) is 5.52 Å². The molecule has 0 radical (unpaired) electrons. The molecule has 1 unspecified atom stereocenters. The minimum atomic E-state index is -0.471. The van der Waals surface area contributed by atoms with Crippen molar-refractivity contribution < 1.29 is 4.79 Å². The SMILES string of the molecule is CC(=O)NC(c1ccccn1)n1nnc2ccccc21. The topological polar surface area (TPSA) is 72.7 Å². The molecule has 6 heteroatoms. The number of carbonyl (C=O) groups is 1. The second-order valence-corrected chi connectivity index (χ2v) is 4.38. The maximum Gasteiger partial charge on any atom is 0.218 e. The molecule has 0 saturated heterocycles. The third-order valence-corrected chi connectivity index (χ3v) is 2.93. The second-order valence-electron chi connectivity index (χ2n) is 4.38. The largest absolute Gasteiger partial charge is 0.329 e. The molecule has 0 aliphatic carbocycles. The van der Waals surface area contributed by atoms with Gasteiger partial charge in [-0.1, -0.05) is 23.4 Å². The summed E-state index contributed by atoms with van der Waals surface area (Å²) in [6, 6.07) is 13.1. The molecule has 0 saturated carbocycles. The van der Waals surface area contributed by atoms with Crippen LogP contribution >= 0.6 is 0 Å². The molecular formula is C14H13N5O. The van der Waals surface area contributed by atoms with Gasteiger partial charge in [-0.15, -0.1) is 5.10 Å². The smallest absolute Gasteiger partial charge is 0.218 e. The lowest BCUT2D eigenvalue weighted by atomic mass is 10.2. The van der Waals surface area contributed by atoms with Crippen molar-refractivity contribution in [2.45, 2.75) is 13.1 Å². The van der Waals surface area contributed by atoms with E-state index in [4.69, 9.17) is 0 Å². The predicted molar refractivity (Wildman–Crippen MR) is 73.7 cm³/mol. The van der Waals surface area contributed by atoms with Crippen molar-refractivity contribution in [2.24, 2.45) is 0 Å². The molecule has 100 valence electrons. The highest BCUT2D eigenvalue weighted by Gasteiger charge is 2.19. The first-order valence-corrected chi connectivity index (χ1v) is 6.23. The number of benzene rings is 1. The molecule has 3 aromatic rings. The number of rotatable bonds is 3. The normalized spacial score (nSPS) is 12.2. The zero-order valence-electron chi connectivity index (χ0n) is 10.9. The first-order valence-electron chi connectivity index (χ1n) is 6.23. The first kappa shape index (κ1) is 12.3. The van der Waals surface area contributed by atoms with Gasteiger partial charge in [-0.3, -0.25) is 9.78 Å². The van der Waals surface area contributed by atoms with E-state index >= 15 is 0 Å². The Kier molecular flexibility index (Phi) is 3.12. The lowest BCUT2D eigenvalue weighted by molar-refractivity contribution is -0.120. The van der Waals surface area contributed by atoms with Crippen LogP contribution < -0.4 is 5.32 Å². The van der Waals surface area contributed by atoms with Crippen molar-refractivity contribution in [3.05, 3.63) is 54.4 Å².